The van der Waals surface area contributed by atoms with Crippen LogP contribution in [-0.4, -0.2) is 41.0 Å². The van der Waals surface area contributed by atoms with Crippen LogP contribution in [-0.2, 0) is 11.2 Å². The summed E-state index contributed by atoms with van der Waals surface area (Å²) in [7, 11) is 0. The summed E-state index contributed by atoms with van der Waals surface area (Å²) in [4.78, 5) is 11.4. The van der Waals surface area contributed by atoms with Gasteiger partial charge in [-0.25, -0.2) is 4.79 Å². The highest BCUT2D eigenvalue weighted by Gasteiger charge is 2.21. The van der Waals surface area contributed by atoms with E-state index in [1.54, 1.807) is 31.2 Å². The van der Waals surface area contributed by atoms with Crippen LogP contribution in [0.15, 0.2) is 66.7 Å². The van der Waals surface area contributed by atoms with E-state index in [1.165, 1.54) is 16.3 Å². The van der Waals surface area contributed by atoms with E-state index in [9.17, 15) is 15.0 Å². The number of aromatic carboxylic acids is 1. The van der Waals surface area contributed by atoms with Gasteiger partial charge in [-0.1, -0.05) is 60.7 Å². The number of benzene rings is 3. The summed E-state index contributed by atoms with van der Waals surface area (Å²) in [6, 6.07) is 21.6. The van der Waals surface area contributed by atoms with Gasteiger partial charge < -0.3 is 20.3 Å². The lowest BCUT2D eigenvalue weighted by Gasteiger charge is -2.28. The monoisotopic (exact) mass is 421 g/mol. The van der Waals surface area contributed by atoms with E-state index in [2.05, 4.69) is 49.5 Å². The zero-order valence-electron chi connectivity index (χ0n) is 18.3. The minimum absolute atomic E-state index is 0.119. The largest absolute Gasteiger partial charge is 0.478 e. The van der Waals surface area contributed by atoms with Gasteiger partial charge in [0.1, 0.15) is 0 Å². The third-order valence-corrected chi connectivity index (χ3v) is 5.44. The smallest absolute Gasteiger partial charge is 0.336 e. The number of fused-ring (bicyclic) bond motifs is 1. The number of carbonyl (C=O) groups is 1. The number of carboxylic acid groups (broad SMARTS) is 1. The van der Waals surface area contributed by atoms with Crippen molar-refractivity contribution in [3.8, 4) is 0 Å². The molecule has 0 aliphatic heterocycles. The van der Waals surface area contributed by atoms with Crippen LogP contribution in [0.4, 0.5) is 0 Å². The highest BCUT2D eigenvalue weighted by Crippen LogP contribution is 2.22. The molecule has 0 unspecified atom stereocenters. The number of carboxylic acids is 1. The Balaban J connectivity index is 1.51. The molecule has 31 heavy (non-hydrogen) atoms. The quantitative estimate of drug-likeness (QED) is 0.446. The summed E-state index contributed by atoms with van der Waals surface area (Å²) >= 11 is 0. The third-order valence-electron chi connectivity index (χ3n) is 5.44. The molecule has 0 spiro atoms. The fourth-order valence-corrected chi connectivity index (χ4v) is 3.77. The van der Waals surface area contributed by atoms with Crippen molar-refractivity contribution in [1.29, 1.82) is 0 Å². The number of aliphatic hydroxyl groups excluding tert-OH is 1. The Hall–Kier alpha value is -2.73. The zero-order chi connectivity index (χ0) is 22.4. The van der Waals surface area contributed by atoms with Crippen molar-refractivity contribution in [2.45, 2.75) is 44.9 Å². The molecule has 0 saturated heterocycles. The van der Waals surface area contributed by atoms with Crippen LogP contribution in [0.5, 0.6) is 0 Å². The molecule has 3 rings (SSSR count). The highest BCUT2D eigenvalue weighted by atomic mass is 16.5. The number of nitrogens with one attached hydrogen (secondary N) is 1. The molecule has 5 heteroatoms. The van der Waals surface area contributed by atoms with Gasteiger partial charge in [-0.3, -0.25) is 0 Å². The molecule has 2 atom stereocenters. The van der Waals surface area contributed by atoms with Gasteiger partial charge >= 0.3 is 5.97 Å². The Labute approximate surface area is 183 Å². The number of rotatable bonds is 10. The average Bonchev–Trinajstić information content (AvgIpc) is 2.75. The van der Waals surface area contributed by atoms with Crippen molar-refractivity contribution >= 4 is 16.7 Å². The molecule has 3 aromatic rings. The van der Waals surface area contributed by atoms with E-state index >= 15 is 0 Å². The van der Waals surface area contributed by atoms with E-state index < -0.39 is 18.2 Å². The average molecular weight is 422 g/mol. The second-order valence-electron chi connectivity index (χ2n) is 8.64. The first-order valence-corrected chi connectivity index (χ1v) is 10.6. The minimum Gasteiger partial charge on any atom is -0.478 e. The van der Waals surface area contributed by atoms with E-state index in [4.69, 9.17) is 4.74 Å². The Morgan fingerprint density at radius 1 is 1.03 bits per heavy atom. The Bertz CT molecular complexity index is 1030. The van der Waals surface area contributed by atoms with Crippen molar-refractivity contribution < 1.29 is 19.7 Å². The number of aliphatic hydroxyl groups is 1. The molecule has 164 valence electrons. The molecule has 0 amide bonds. The number of hydrogen-bond donors (Lipinski definition) is 3. The van der Waals surface area contributed by atoms with Crippen molar-refractivity contribution in [3.63, 3.8) is 0 Å². The maximum Gasteiger partial charge on any atom is 0.336 e. The maximum atomic E-state index is 11.4. The van der Waals surface area contributed by atoms with Gasteiger partial charge in [0.05, 0.1) is 24.4 Å². The Kier molecular flexibility index (Phi) is 7.44. The van der Waals surface area contributed by atoms with Gasteiger partial charge in [-0.2, -0.15) is 0 Å². The fourth-order valence-electron chi connectivity index (χ4n) is 3.77. The first-order valence-electron chi connectivity index (χ1n) is 10.6. The van der Waals surface area contributed by atoms with E-state index in [-0.39, 0.29) is 17.7 Å². The van der Waals surface area contributed by atoms with Gasteiger partial charge in [0.15, 0.2) is 0 Å². The minimum atomic E-state index is -0.983. The summed E-state index contributed by atoms with van der Waals surface area (Å²) in [6.07, 6.45) is -0.295. The molecular weight excluding hydrogens is 390 g/mol. The Morgan fingerprint density at radius 2 is 1.71 bits per heavy atom. The zero-order valence-corrected chi connectivity index (χ0v) is 18.3. The first-order chi connectivity index (χ1) is 14.7. The van der Waals surface area contributed by atoms with Crippen molar-refractivity contribution in [1.82, 2.24) is 5.32 Å². The van der Waals surface area contributed by atoms with Crippen LogP contribution in [0.3, 0.4) is 0 Å². The first kappa shape index (κ1) is 22.9. The van der Waals surface area contributed by atoms with Crippen molar-refractivity contribution in [2.24, 2.45) is 0 Å². The van der Waals surface area contributed by atoms with Crippen LogP contribution in [0.2, 0.25) is 0 Å². The van der Waals surface area contributed by atoms with Gasteiger partial charge in [0, 0.05) is 12.1 Å². The second-order valence-corrected chi connectivity index (χ2v) is 8.64. The van der Waals surface area contributed by atoms with Crippen LogP contribution in [0.25, 0.3) is 10.8 Å². The fraction of sp³-hybridized carbons (Fsp3) is 0.346. The van der Waals surface area contributed by atoms with E-state index in [1.807, 2.05) is 12.1 Å². The molecule has 5 nitrogen and oxygen atoms in total. The van der Waals surface area contributed by atoms with E-state index in [0.717, 1.165) is 6.42 Å². The lowest BCUT2D eigenvalue weighted by molar-refractivity contribution is -0.00463. The third kappa shape index (κ3) is 6.37. The molecule has 0 aliphatic rings. The maximum absolute atomic E-state index is 11.4. The van der Waals surface area contributed by atoms with Crippen molar-refractivity contribution in [2.75, 3.05) is 13.2 Å². The second kappa shape index (κ2) is 10.1. The van der Waals surface area contributed by atoms with E-state index in [0.29, 0.717) is 12.1 Å². The molecule has 0 radical (unpaired) electrons. The number of β-amino-alcohol motifs (C(OH)–C–C–N with tert-alkyl or cyclic N) is 1. The summed E-state index contributed by atoms with van der Waals surface area (Å²) in [5, 5.41) is 25.6. The summed E-state index contributed by atoms with van der Waals surface area (Å²) in [5.41, 5.74) is 1.86. The van der Waals surface area contributed by atoms with Gasteiger partial charge in [-0.15, -0.1) is 0 Å². The molecule has 0 aromatic heterocycles. The Morgan fingerprint density at radius 3 is 2.45 bits per heavy atom. The molecule has 0 heterocycles. The van der Waals surface area contributed by atoms with Crippen molar-refractivity contribution in [3.05, 3.63) is 83.4 Å². The predicted octanol–water partition coefficient (Wildman–Crippen LogP) is 4.59. The summed E-state index contributed by atoms with van der Waals surface area (Å²) in [6.45, 7) is 6.52. The van der Waals surface area contributed by atoms with Crippen LogP contribution < -0.4 is 5.32 Å². The van der Waals surface area contributed by atoms with Crippen LogP contribution in [0.1, 0.15) is 48.4 Å². The topological polar surface area (TPSA) is 78.8 Å². The SMILES string of the molecule is C[C@@H](OC[C@H](O)CNC(C)(C)Cc1ccc2ccccc2c1)c1ccccc1C(=O)O. The van der Waals surface area contributed by atoms with Gasteiger partial charge in [0.2, 0.25) is 0 Å². The molecule has 3 aromatic carbocycles. The summed E-state index contributed by atoms with van der Waals surface area (Å²) in [5.74, 6) is -0.983. The normalized spacial score (nSPS) is 13.8. The predicted molar refractivity (Wildman–Crippen MR) is 124 cm³/mol. The van der Waals surface area contributed by atoms with Gasteiger partial charge in [0.25, 0.3) is 0 Å². The standard InChI is InChI=1S/C26H31NO4/c1-18(23-10-6-7-11-24(23)25(29)30)31-17-22(28)16-27-26(2,3)15-19-12-13-20-8-4-5-9-21(20)14-19/h4-14,18,22,27-28H,15-17H2,1-3H3,(H,29,30)/t18-,22-/m1/s1. The molecule has 0 aliphatic carbocycles. The molecule has 3 N–H and O–H groups in total. The highest BCUT2D eigenvalue weighted by molar-refractivity contribution is 5.89. The van der Waals surface area contributed by atoms with Crippen LogP contribution in [0, 0.1) is 0 Å². The lowest BCUT2D eigenvalue weighted by Crippen LogP contribution is -2.46. The molecule has 0 fully saturated rings. The number of hydrogen-bond acceptors (Lipinski definition) is 4. The van der Waals surface area contributed by atoms with Gasteiger partial charge in [-0.05, 0) is 55.2 Å². The molecular formula is C26H31NO4. The molecule has 0 bridgehead atoms. The summed E-state index contributed by atoms with van der Waals surface area (Å²) < 4.78 is 5.76. The lowest BCUT2D eigenvalue weighted by atomic mass is 9.93. The molecule has 0 saturated carbocycles. The van der Waals surface area contributed by atoms with Crippen LogP contribution >= 0.6 is 0 Å². The number of ether oxygens (including phenoxy) is 1.